The molecule has 0 aromatic carbocycles. The standard InChI is InChI=1S/C9H7F3N2O3/c10-9(11,12)6(15)3-7-13-8(14-17-7)5-1-2-16-4-5/h1-2,4,6,15H,3H2. The summed E-state index contributed by atoms with van der Waals surface area (Å²) in [6.45, 7) is 0. The molecule has 2 aromatic heterocycles. The van der Waals surface area contributed by atoms with Crippen molar-refractivity contribution in [2.45, 2.75) is 18.7 Å². The third kappa shape index (κ3) is 2.64. The summed E-state index contributed by atoms with van der Waals surface area (Å²) in [4.78, 5) is 3.71. The van der Waals surface area contributed by atoms with Gasteiger partial charge in [-0.3, -0.25) is 0 Å². The van der Waals surface area contributed by atoms with Crippen LogP contribution in [0.15, 0.2) is 27.5 Å². The molecule has 0 saturated carbocycles. The molecule has 2 heterocycles. The van der Waals surface area contributed by atoms with Crippen molar-refractivity contribution in [1.82, 2.24) is 10.1 Å². The van der Waals surface area contributed by atoms with Crippen LogP contribution in [0.5, 0.6) is 0 Å². The van der Waals surface area contributed by atoms with Gasteiger partial charge in [-0.25, -0.2) is 0 Å². The van der Waals surface area contributed by atoms with Crippen molar-refractivity contribution in [2.75, 3.05) is 0 Å². The van der Waals surface area contributed by atoms with E-state index in [9.17, 15) is 13.2 Å². The molecule has 2 rings (SSSR count). The normalized spacial score (nSPS) is 13.9. The van der Waals surface area contributed by atoms with E-state index in [1.54, 1.807) is 0 Å². The number of hydrogen-bond donors (Lipinski definition) is 1. The Morgan fingerprint density at radius 3 is 2.76 bits per heavy atom. The number of rotatable bonds is 3. The van der Waals surface area contributed by atoms with Gasteiger partial charge >= 0.3 is 6.18 Å². The van der Waals surface area contributed by atoms with Crippen LogP contribution in [-0.4, -0.2) is 27.5 Å². The first-order valence-corrected chi connectivity index (χ1v) is 4.57. The smallest absolute Gasteiger partial charge is 0.414 e. The highest BCUT2D eigenvalue weighted by atomic mass is 19.4. The highest BCUT2D eigenvalue weighted by Crippen LogP contribution is 2.23. The number of alkyl halides is 3. The van der Waals surface area contributed by atoms with E-state index in [-0.39, 0.29) is 11.7 Å². The Morgan fingerprint density at radius 1 is 1.41 bits per heavy atom. The molecule has 2 aromatic rings. The second kappa shape index (κ2) is 4.21. The molecule has 0 aliphatic carbocycles. The van der Waals surface area contributed by atoms with Crippen LogP contribution in [0.3, 0.4) is 0 Å². The van der Waals surface area contributed by atoms with Gasteiger partial charge in [0.25, 0.3) is 0 Å². The molecule has 5 nitrogen and oxygen atoms in total. The Balaban J connectivity index is 2.09. The molecule has 0 radical (unpaired) electrons. The minimum Gasteiger partial charge on any atom is -0.472 e. The lowest BCUT2D eigenvalue weighted by Gasteiger charge is -2.11. The van der Waals surface area contributed by atoms with Crippen molar-refractivity contribution in [1.29, 1.82) is 0 Å². The van der Waals surface area contributed by atoms with Gasteiger partial charge in [0, 0.05) is 0 Å². The van der Waals surface area contributed by atoms with Crippen molar-refractivity contribution in [3.63, 3.8) is 0 Å². The fourth-order valence-electron chi connectivity index (χ4n) is 1.13. The third-order valence-corrected chi connectivity index (χ3v) is 1.99. The fraction of sp³-hybridized carbons (Fsp3) is 0.333. The maximum atomic E-state index is 12.1. The van der Waals surface area contributed by atoms with Gasteiger partial charge in [-0.1, -0.05) is 5.16 Å². The van der Waals surface area contributed by atoms with Crippen LogP contribution in [0.2, 0.25) is 0 Å². The van der Waals surface area contributed by atoms with Crippen LogP contribution in [0, 0.1) is 0 Å². The Morgan fingerprint density at radius 2 is 2.18 bits per heavy atom. The molecule has 0 aliphatic rings. The largest absolute Gasteiger partial charge is 0.472 e. The van der Waals surface area contributed by atoms with E-state index in [4.69, 9.17) is 9.52 Å². The molecule has 0 spiro atoms. The SMILES string of the molecule is OC(Cc1nc(-c2ccoc2)no1)C(F)(F)F. The molecule has 92 valence electrons. The zero-order valence-electron chi connectivity index (χ0n) is 8.31. The number of furan rings is 1. The zero-order valence-corrected chi connectivity index (χ0v) is 8.31. The molecule has 0 fully saturated rings. The van der Waals surface area contributed by atoms with Crippen LogP contribution in [0.1, 0.15) is 5.89 Å². The molecule has 0 saturated heterocycles. The number of halogens is 3. The minimum absolute atomic E-state index is 0.114. The average molecular weight is 248 g/mol. The van der Waals surface area contributed by atoms with Crippen molar-refractivity contribution in [3.05, 3.63) is 24.5 Å². The van der Waals surface area contributed by atoms with Gasteiger partial charge in [0.15, 0.2) is 6.10 Å². The van der Waals surface area contributed by atoms with E-state index in [1.807, 2.05) is 0 Å². The minimum atomic E-state index is -4.70. The van der Waals surface area contributed by atoms with Crippen LogP contribution < -0.4 is 0 Å². The maximum absolute atomic E-state index is 12.1. The first-order chi connectivity index (χ1) is 7.97. The van der Waals surface area contributed by atoms with Crippen molar-refractivity contribution >= 4 is 0 Å². The van der Waals surface area contributed by atoms with Gasteiger partial charge in [0.1, 0.15) is 6.26 Å². The molecule has 8 heteroatoms. The first-order valence-electron chi connectivity index (χ1n) is 4.57. The summed E-state index contributed by atoms with van der Waals surface area (Å²) in [7, 11) is 0. The number of aromatic nitrogens is 2. The predicted octanol–water partition coefficient (Wildman–Crippen LogP) is 1.80. The van der Waals surface area contributed by atoms with Gasteiger partial charge in [0.2, 0.25) is 11.7 Å². The van der Waals surface area contributed by atoms with Gasteiger partial charge in [-0.15, -0.1) is 0 Å². The van der Waals surface area contributed by atoms with Crippen molar-refractivity contribution < 1.29 is 27.2 Å². The predicted molar refractivity (Wildman–Crippen MR) is 47.8 cm³/mol. The number of aliphatic hydroxyl groups is 1. The summed E-state index contributed by atoms with van der Waals surface area (Å²) in [5.74, 6) is -0.172. The third-order valence-electron chi connectivity index (χ3n) is 1.99. The number of hydrogen-bond acceptors (Lipinski definition) is 5. The summed E-state index contributed by atoms with van der Waals surface area (Å²) in [5, 5.41) is 12.3. The highest BCUT2D eigenvalue weighted by molar-refractivity contribution is 5.51. The molecule has 1 atom stereocenters. The Kier molecular flexibility index (Phi) is 2.88. The lowest BCUT2D eigenvalue weighted by molar-refractivity contribution is -0.204. The first kappa shape index (κ1) is 11.6. The van der Waals surface area contributed by atoms with Crippen LogP contribution >= 0.6 is 0 Å². The quantitative estimate of drug-likeness (QED) is 0.896. The lowest BCUT2D eigenvalue weighted by atomic mass is 10.2. The second-order valence-electron chi connectivity index (χ2n) is 3.29. The van der Waals surface area contributed by atoms with Crippen LogP contribution in [-0.2, 0) is 6.42 Å². The van der Waals surface area contributed by atoms with Gasteiger partial charge < -0.3 is 14.0 Å². The molecule has 0 bridgehead atoms. The van der Waals surface area contributed by atoms with Crippen molar-refractivity contribution in [3.8, 4) is 11.4 Å². The molecule has 0 aliphatic heterocycles. The zero-order chi connectivity index (χ0) is 12.5. The molecule has 1 unspecified atom stereocenters. The topological polar surface area (TPSA) is 72.3 Å². The molecule has 1 N–H and O–H groups in total. The summed E-state index contributed by atoms with van der Waals surface area (Å²) in [5.41, 5.74) is 0.487. The van der Waals surface area contributed by atoms with E-state index in [0.29, 0.717) is 5.56 Å². The van der Waals surface area contributed by atoms with Gasteiger partial charge in [0.05, 0.1) is 18.2 Å². The molecule has 17 heavy (non-hydrogen) atoms. The van der Waals surface area contributed by atoms with Crippen molar-refractivity contribution in [2.24, 2.45) is 0 Å². The van der Waals surface area contributed by atoms with E-state index in [0.717, 1.165) is 0 Å². The monoisotopic (exact) mass is 248 g/mol. The van der Waals surface area contributed by atoms with E-state index in [2.05, 4.69) is 14.7 Å². The second-order valence-corrected chi connectivity index (χ2v) is 3.29. The van der Waals surface area contributed by atoms with Gasteiger partial charge in [-0.2, -0.15) is 18.2 Å². The highest BCUT2D eigenvalue weighted by Gasteiger charge is 2.39. The summed E-state index contributed by atoms with van der Waals surface area (Å²) < 4.78 is 45.5. The lowest BCUT2D eigenvalue weighted by Crippen LogP contribution is -2.30. The number of aliphatic hydroxyl groups excluding tert-OH is 1. The van der Waals surface area contributed by atoms with Gasteiger partial charge in [-0.05, 0) is 6.07 Å². The molecule has 0 amide bonds. The van der Waals surface area contributed by atoms with E-state index >= 15 is 0 Å². The molecular weight excluding hydrogens is 241 g/mol. The fourth-order valence-corrected chi connectivity index (χ4v) is 1.13. The number of nitrogens with zero attached hydrogens (tertiary/aromatic N) is 2. The van der Waals surface area contributed by atoms with Crippen LogP contribution in [0.25, 0.3) is 11.4 Å². The Bertz CT molecular complexity index is 478. The molecular formula is C9H7F3N2O3. The summed E-state index contributed by atoms with van der Waals surface area (Å²) >= 11 is 0. The van der Waals surface area contributed by atoms with E-state index < -0.39 is 18.7 Å². The summed E-state index contributed by atoms with van der Waals surface area (Å²) in [6.07, 6.45) is -5.29. The maximum Gasteiger partial charge on any atom is 0.414 e. The average Bonchev–Trinajstić information content (AvgIpc) is 2.83. The van der Waals surface area contributed by atoms with E-state index in [1.165, 1.54) is 18.6 Å². The Labute approximate surface area is 92.9 Å². The Hall–Kier alpha value is -1.83. The van der Waals surface area contributed by atoms with Crippen LogP contribution in [0.4, 0.5) is 13.2 Å². The summed E-state index contributed by atoms with van der Waals surface area (Å²) in [6, 6.07) is 1.54.